The van der Waals surface area contributed by atoms with Gasteiger partial charge < -0.3 is 14.4 Å². The van der Waals surface area contributed by atoms with E-state index in [1.807, 2.05) is 23.1 Å². The third-order valence-electron chi connectivity index (χ3n) is 4.10. The minimum absolute atomic E-state index is 0.0417. The van der Waals surface area contributed by atoms with Crippen molar-refractivity contribution in [3.05, 3.63) is 35.7 Å². The second kappa shape index (κ2) is 5.32. The fraction of sp³-hybridized carbons (Fsp3) is 0.400. The van der Waals surface area contributed by atoms with Gasteiger partial charge in [0.2, 0.25) is 0 Å². The van der Waals surface area contributed by atoms with Crippen LogP contribution in [0.5, 0.6) is 11.5 Å². The zero-order valence-corrected chi connectivity index (χ0v) is 12.0. The van der Waals surface area contributed by atoms with E-state index in [4.69, 9.17) is 9.47 Å². The van der Waals surface area contributed by atoms with Crippen molar-refractivity contribution in [2.75, 3.05) is 19.8 Å². The molecule has 2 aliphatic heterocycles. The number of aromatic amines is 1. The number of rotatable bonds is 2. The van der Waals surface area contributed by atoms with Crippen LogP contribution in [0.25, 0.3) is 0 Å². The summed E-state index contributed by atoms with van der Waals surface area (Å²) in [5.74, 6) is 1.43. The largest absolute Gasteiger partial charge is 0.486 e. The summed E-state index contributed by atoms with van der Waals surface area (Å²) in [7, 11) is 0. The van der Waals surface area contributed by atoms with E-state index in [9.17, 15) is 4.79 Å². The van der Waals surface area contributed by atoms with Gasteiger partial charge >= 0.3 is 0 Å². The number of likely N-dealkylation sites (tertiary alicyclic amines) is 1. The molecule has 2 aliphatic rings. The van der Waals surface area contributed by atoms with Crippen LogP contribution < -0.4 is 9.47 Å². The molecule has 1 N–H and O–H groups in total. The number of aromatic nitrogens is 3. The number of hydrogen-bond donors (Lipinski definition) is 1. The van der Waals surface area contributed by atoms with Crippen molar-refractivity contribution in [2.24, 2.45) is 0 Å². The number of ether oxygens (including phenoxy) is 2. The highest BCUT2D eigenvalue weighted by Gasteiger charge is 2.32. The Morgan fingerprint density at radius 3 is 2.95 bits per heavy atom. The molecule has 1 fully saturated rings. The molecule has 1 aromatic carbocycles. The number of amides is 1. The van der Waals surface area contributed by atoms with Crippen LogP contribution in [0.1, 0.15) is 34.9 Å². The van der Waals surface area contributed by atoms with Crippen molar-refractivity contribution < 1.29 is 14.3 Å². The molecule has 114 valence electrons. The van der Waals surface area contributed by atoms with Gasteiger partial charge in [0.25, 0.3) is 5.91 Å². The van der Waals surface area contributed by atoms with Crippen molar-refractivity contribution in [1.82, 2.24) is 20.3 Å². The van der Waals surface area contributed by atoms with Crippen molar-refractivity contribution in [3.8, 4) is 11.5 Å². The molecule has 0 radical (unpaired) electrons. The first-order valence-corrected chi connectivity index (χ1v) is 7.39. The third-order valence-corrected chi connectivity index (χ3v) is 4.10. The molecular weight excluding hydrogens is 284 g/mol. The second-order valence-electron chi connectivity index (χ2n) is 5.41. The maximum atomic E-state index is 12.5. The van der Waals surface area contributed by atoms with Gasteiger partial charge in [-0.05, 0) is 30.5 Å². The predicted molar refractivity (Wildman–Crippen MR) is 76.8 cm³/mol. The molecule has 0 aliphatic carbocycles. The van der Waals surface area contributed by atoms with Crippen LogP contribution in [0.4, 0.5) is 0 Å². The van der Waals surface area contributed by atoms with E-state index in [1.165, 1.54) is 6.20 Å². The van der Waals surface area contributed by atoms with Crippen LogP contribution in [0.15, 0.2) is 24.4 Å². The van der Waals surface area contributed by atoms with Crippen molar-refractivity contribution >= 4 is 5.91 Å². The highest BCUT2D eigenvalue weighted by Crippen LogP contribution is 2.38. The van der Waals surface area contributed by atoms with Crippen molar-refractivity contribution in [3.63, 3.8) is 0 Å². The quantitative estimate of drug-likeness (QED) is 0.910. The molecule has 1 saturated heterocycles. The number of carbonyl (C=O) groups is 1. The molecule has 2 aromatic rings. The Morgan fingerprint density at radius 2 is 2.14 bits per heavy atom. The molecule has 7 heteroatoms. The maximum absolute atomic E-state index is 12.5. The van der Waals surface area contributed by atoms with Gasteiger partial charge in [-0.25, -0.2) is 0 Å². The van der Waals surface area contributed by atoms with E-state index in [0.717, 1.165) is 36.4 Å². The Morgan fingerprint density at radius 1 is 1.27 bits per heavy atom. The standard InChI is InChI=1S/C15H16N4O3/c20-15(11-9-16-18-17-11)19-5-1-2-12(19)10-3-4-13-14(8-10)22-7-6-21-13/h3-4,8-9,12H,1-2,5-7H2,(H,16,17,18)/t12-/m0/s1. The van der Waals surface area contributed by atoms with Crippen LogP contribution in [0, 0.1) is 0 Å². The molecule has 7 nitrogen and oxygen atoms in total. The molecule has 1 amide bonds. The Hall–Kier alpha value is -2.57. The topological polar surface area (TPSA) is 80.3 Å². The lowest BCUT2D eigenvalue weighted by Gasteiger charge is -2.26. The number of fused-ring (bicyclic) bond motifs is 1. The summed E-state index contributed by atoms with van der Waals surface area (Å²) in [4.78, 5) is 14.4. The molecule has 3 heterocycles. The molecule has 0 saturated carbocycles. The third kappa shape index (κ3) is 2.18. The molecule has 4 rings (SSSR count). The van der Waals surface area contributed by atoms with Gasteiger partial charge in [0.1, 0.15) is 13.2 Å². The number of nitrogens with zero attached hydrogens (tertiary/aromatic N) is 3. The predicted octanol–water partition coefficient (Wildman–Crippen LogP) is 1.55. The Kier molecular flexibility index (Phi) is 3.17. The maximum Gasteiger partial charge on any atom is 0.276 e. The average molecular weight is 300 g/mol. The fourth-order valence-corrected chi connectivity index (χ4v) is 3.08. The molecule has 1 atom stereocenters. The molecule has 0 bridgehead atoms. The fourth-order valence-electron chi connectivity index (χ4n) is 3.08. The van der Waals surface area contributed by atoms with Gasteiger partial charge in [-0.15, -0.1) is 0 Å². The van der Waals surface area contributed by atoms with Crippen LogP contribution in [0.2, 0.25) is 0 Å². The molecule has 1 aromatic heterocycles. The van der Waals surface area contributed by atoms with E-state index in [1.54, 1.807) is 0 Å². The number of nitrogens with one attached hydrogen (secondary N) is 1. The van der Waals surface area contributed by atoms with Gasteiger partial charge in [0.05, 0.1) is 12.2 Å². The average Bonchev–Trinajstić information content (AvgIpc) is 3.25. The first-order chi connectivity index (χ1) is 10.8. The summed E-state index contributed by atoms with van der Waals surface area (Å²) < 4.78 is 11.2. The molecule has 0 spiro atoms. The van der Waals surface area contributed by atoms with E-state index >= 15 is 0 Å². The van der Waals surface area contributed by atoms with Gasteiger partial charge in [0, 0.05) is 6.54 Å². The molecular formula is C15H16N4O3. The zero-order valence-electron chi connectivity index (χ0n) is 12.0. The normalized spacial score (nSPS) is 20.2. The van der Waals surface area contributed by atoms with E-state index in [2.05, 4.69) is 15.4 Å². The van der Waals surface area contributed by atoms with Crippen molar-refractivity contribution in [1.29, 1.82) is 0 Å². The Balaban J connectivity index is 1.62. The van der Waals surface area contributed by atoms with Gasteiger partial charge in [-0.3, -0.25) is 4.79 Å². The molecule has 22 heavy (non-hydrogen) atoms. The van der Waals surface area contributed by atoms with Gasteiger partial charge in [-0.2, -0.15) is 15.4 Å². The summed E-state index contributed by atoms with van der Waals surface area (Å²) >= 11 is 0. The van der Waals surface area contributed by atoms with E-state index in [-0.39, 0.29) is 11.9 Å². The monoisotopic (exact) mass is 300 g/mol. The number of carbonyl (C=O) groups excluding carboxylic acids is 1. The smallest absolute Gasteiger partial charge is 0.276 e. The first kappa shape index (κ1) is 13.1. The van der Waals surface area contributed by atoms with Crippen LogP contribution in [0.3, 0.4) is 0 Å². The Labute approximate surface area is 127 Å². The summed E-state index contributed by atoms with van der Waals surface area (Å²) in [6.45, 7) is 1.86. The number of benzene rings is 1. The lowest BCUT2D eigenvalue weighted by atomic mass is 10.0. The summed E-state index contributed by atoms with van der Waals surface area (Å²) in [6.07, 6.45) is 3.37. The van der Waals surface area contributed by atoms with Crippen LogP contribution >= 0.6 is 0 Å². The first-order valence-electron chi connectivity index (χ1n) is 7.39. The summed E-state index contributed by atoms with van der Waals surface area (Å²) in [5.41, 5.74) is 1.42. The Bertz CT molecular complexity index is 686. The summed E-state index contributed by atoms with van der Waals surface area (Å²) in [5, 5.41) is 10.1. The lowest BCUT2D eigenvalue weighted by molar-refractivity contribution is 0.0729. The highest BCUT2D eigenvalue weighted by atomic mass is 16.6. The number of hydrogen-bond acceptors (Lipinski definition) is 5. The minimum Gasteiger partial charge on any atom is -0.486 e. The zero-order chi connectivity index (χ0) is 14.9. The van der Waals surface area contributed by atoms with Gasteiger partial charge in [0.15, 0.2) is 17.2 Å². The number of H-pyrrole nitrogens is 1. The van der Waals surface area contributed by atoms with E-state index in [0.29, 0.717) is 18.9 Å². The summed E-state index contributed by atoms with van der Waals surface area (Å²) in [6, 6.07) is 5.95. The lowest BCUT2D eigenvalue weighted by Crippen LogP contribution is -2.31. The highest BCUT2D eigenvalue weighted by molar-refractivity contribution is 5.92. The van der Waals surface area contributed by atoms with Crippen LogP contribution in [-0.2, 0) is 0 Å². The van der Waals surface area contributed by atoms with Crippen molar-refractivity contribution in [2.45, 2.75) is 18.9 Å². The second-order valence-corrected chi connectivity index (χ2v) is 5.41. The van der Waals surface area contributed by atoms with Crippen LogP contribution in [-0.4, -0.2) is 46.0 Å². The minimum atomic E-state index is -0.0915. The van der Waals surface area contributed by atoms with Gasteiger partial charge in [-0.1, -0.05) is 6.07 Å². The molecule has 0 unspecified atom stereocenters. The SMILES string of the molecule is O=C(c1cn[nH]n1)N1CCC[C@H]1c1ccc2c(c1)OCCO2. The van der Waals surface area contributed by atoms with E-state index < -0.39 is 0 Å².